The second-order valence-corrected chi connectivity index (χ2v) is 4.85. The van der Waals surface area contributed by atoms with E-state index in [2.05, 4.69) is 11.4 Å². The molecule has 1 spiro atoms. The highest BCUT2D eigenvalue weighted by Crippen LogP contribution is 2.43. The van der Waals surface area contributed by atoms with Gasteiger partial charge in [0.05, 0.1) is 5.02 Å². The van der Waals surface area contributed by atoms with Gasteiger partial charge in [0.1, 0.15) is 11.4 Å². The summed E-state index contributed by atoms with van der Waals surface area (Å²) >= 11 is 6.13. The monoisotopic (exact) mass is 259 g/mol. The number of hydrogen-bond acceptors (Lipinski definition) is 2. The Hall–Kier alpha value is -0.440. The van der Waals surface area contributed by atoms with Gasteiger partial charge in [-0.25, -0.2) is 0 Å². The third-order valence-electron chi connectivity index (χ3n) is 3.39. The van der Waals surface area contributed by atoms with Crippen molar-refractivity contribution in [3.63, 3.8) is 0 Å². The Balaban J connectivity index is 0.000000963. The van der Waals surface area contributed by atoms with Gasteiger partial charge in [0.25, 0.3) is 0 Å². The van der Waals surface area contributed by atoms with E-state index in [1.807, 2.05) is 12.1 Å². The molecule has 2 aliphatic rings. The fourth-order valence-corrected chi connectivity index (χ4v) is 2.80. The van der Waals surface area contributed by atoms with Crippen LogP contribution in [0.3, 0.4) is 0 Å². The van der Waals surface area contributed by atoms with Crippen LogP contribution in [0, 0.1) is 0 Å². The summed E-state index contributed by atoms with van der Waals surface area (Å²) in [7, 11) is 0. The van der Waals surface area contributed by atoms with E-state index >= 15 is 0 Å². The van der Waals surface area contributed by atoms with E-state index in [9.17, 15) is 0 Å². The molecule has 2 heterocycles. The first-order chi connectivity index (χ1) is 7.29. The van der Waals surface area contributed by atoms with Crippen molar-refractivity contribution in [2.75, 3.05) is 13.1 Å². The van der Waals surface area contributed by atoms with Gasteiger partial charge >= 0.3 is 0 Å². The quantitative estimate of drug-likeness (QED) is 0.774. The SMILES string of the molecule is Cl.Clc1cccc2c1OC1(CCNCC1)C2. The van der Waals surface area contributed by atoms with Crippen LogP contribution in [-0.2, 0) is 6.42 Å². The van der Waals surface area contributed by atoms with E-state index in [4.69, 9.17) is 16.3 Å². The predicted molar refractivity (Wildman–Crippen MR) is 67.9 cm³/mol. The average molecular weight is 260 g/mol. The molecule has 0 bridgehead atoms. The largest absolute Gasteiger partial charge is 0.485 e. The van der Waals surface area contributed by atoms with Gasteiger partial charge in [0.2, 0.25) is 0 Å². The Morgan fingerprint density at radius 1 is 1.25 bits per heavy atom. The summed E-state index contributed by atoms with van der Waals surface area (Å²) in [6, 6.07) is 6.03. The summed E-state index contributed by atoms with van der Waals surface area (Å²) in [5, 5.41) is 4.12. The summed E-state index contributed by atoms with van der Waals surface area (Å²) in [6.07, 6.45) is 3.18. The number of hydrogen-bond donors (Lipinski definition) is 1. The van der Waals surface area contributed by atoms with E-state index in [1.165, 1.54) is 5.56 Å². The Labute approximate surface area is 107 Å². The topological polar surface area (TPSA) is 21.3 Å². The maximum Gasteiger partial charge on any atom is 0.142 e. The maximum absolute atomic E-state index is 6.13. The van der Waals surface area contributed by atoms with Crippen molar-refractivity contribution in [3.8, 4) is 5.75 Å². The van der Waals surface area contributed by atoms with E-state index in [1.54, 1.807) is 0 Å². The molecule has 0 unspecified atom stereocenters. The van der Waals surface area contributed by atoms with Gasteiger partial charge in [-0.1, -0.05) is 23.7 Å². The molecule has 0 atom stereocenters. The summed E-state index contributed by atoms with van der Waals surface area (Å²) < 4.78 is 6.09. The van der Waals surface area contributed by atoms with Crippen LogP contribution in [0.15, 0.2) is 18.2 Å². The first-order valence-corrected chi connectivity index (χ1v) is 5.84. The summed E-state index contributed by atoms with van der Waals surface area (Å²) in [5.41, 5.74) is 1.29. The van der Waals surface area contributed by atoms with Crippen LogP contribution in [-0.4, -0.2) is 18.7 Å². The molecule has 0 aliphatic carbocycles. The van der Waals surface area contributed by atoms with Crippen LogP contribution < -0.4 is 10.1 Å². The molecule has 0 amide bonds. The van der Waals surface area contributed by atoms with Gasteiger partial charge in [-0.2, -0.15) is 0 Å². The normalized spacial score (nSPS) is 21.1. The minimum atomic E-state index is 0. The molecule has 0 radical (unpaired) electrons. The molecule has 1 aromatic carbocycles. The molecule has 88 valence electrons. The lowest BCUT2D eigenvalue weighted by molar-refractivity contribution is 0.0600. The molecule has 4 heteroatoms. The van der Waals surface area contributed by atoms with Crippen molar-refractivity contribution in [2.45, 2.75) is 24.9 Å². The Morgan fingerprint density at radius 2 is 2.00 bits per heavy atom. The van der Waals surface area contributed by atoms with E-state index in [-0.39, 0.29) is 18.0 Å². The zero-order chi connectivity index (χ0) is 10.3. The van der Waals surface area contributed by atoms with E-state index < -0.39 is 0 Å². The van der Waals surface area contributed by atoms with Gasteiger partial charge in [0.15, 0.2) is 0 Å². The molecular weight excluding hydrogens is 245 g/mol. The summed E-state index contributed by atoms with van der Waals surface area (Å²) in [5.74, 6) is 0.918. The zero-order valence-corrected chi connectivity index (χ0v) is 10.5. The minimum absolute atomic E-state index is 0. The lowest BCUT2D eigenvalue weighted by Gasteiger charge is -2.33. The number of piperidine rings is 1. The Bertz CT molecular complexity index is 389. The van der Waals surface area contributed by atoms with Gasteiger partial charge in [0, 0.05) is 6.42 Å². The number of rotatable bonds is 0. The highest BCUT2D eigenvalue weighted by molar-refractivity contribution is 6.32. The minimum Gasteiger partial charge on any atom is -0.485 e. The summed E-state index contributed by atoms with van der Waals surface area (Å²) in [6.45, 7) is 2.09. The molecule has 2 aliphatic heterocycles. The number of halogens is 2. The first kappa shape index (κ1) is 12.0. The van der Waals surface area contributed by atoms with E-state index in [0.29, 0.717) is 0 Å². The van der Waals surface area contributed by atoms with Crippen molar-refractivity contribution in [1.29, 1.82) is 0 Å². The van der Waals surface area contributed by atoms with Crippen molar-refractivity contribution < 1.29 is 4.74 Å². The lowest BCUT2D eigenvalue weighted by Crippen LogP contribution is -2.45. The fraction of sp³-hybridized carbons (Fsp3) is 0.500. The fourth-order valence-electron chi connectivity index (χ4n) is 2.57. The molecule has 1 saturated heterocycles. The molecule has 0 aromatic heterocycles. The molecule has 2 nitrogen and oxygen atoms in total. The van der Waals surface area contributed by atoms with E-state index in [0.717, 1.165) is 43.1 Å². The number of para-hydroxylation sites is 1. The van der Waals surface area contributed by atoms with Gasteiger partial charge in [-0.15, -0.1) is 12.4 Å². The van der Waals surface area contributed by atoms with Gasteiger partial charge < -0.3 is 10.1 Å². The zero-order valence-electron chi connectivity index (χ0n) is 8.96. The predicted octanol–water partition coefficient (Wildman–Crippen LogP) is 2.82. The van der Waals surface area contributed by atoms with Crippen LogP contribution in [0.5, 0.6) is 5.75 Å². The molecule has 1 N–H and O–H groups in total. The van der Waals surface area contributed by atoms with Crippen molar-refractivity contribution >= 4 is 24.0 Å². The van der Waals surface area contributed by atoms with Crippen LogP contribution in [0.25, 0.3) is 0 Å². The molecule has 1 fully saturated rings. The van der Waals surface area contributed by atoms with Crippen LogP contribution >= 0.6 is 24.0 Å². The lowest BCUT2D eigenvalue weighted by atomic mass is 9.88. The first-order valence-electron chi connectivity index (χ1n) is 5.46. The van der Waals surface area contributed by atoms with Crippen LogP contribution in [0.1, 0.15) is 18.4 Å². The van der Waals surface area contributed by atoms with Crippen LogP contribution in [0.2, 0.25) is 5.02 Å². The van der Waals surface area contributed by atoms with Crippen LogP contribution in [0.4, 0.5) is 0 Å². The molecular formula is C12H15Cl2NO. The third-order valence-corrected chi connectivity index (χ3v) is 3.69. The number of fused-ring (bicyclic) bond motifs is 1. The Morgan fingerprint density at radius 3 is 2.69 bits per heavy atom. The third kappa shape index (κ3) is 1.90. The standard InChI is InChI=1S/C12H14ClNO.ClH/c13-10-3-1-2-9-8-12(15-11(9)10)4-6-14-7-5-12;/h1-3,14H,4-8H2;1H. The highest BCUT2D eigenvalue weighted by Gasteiger charge is 2.40. The maximum atomic E-state index is 6.13. The van der Waals surface area contributed by atoms with Crippen molar-refractivity contribution in [3.05, 3.63) is 28.8 Å². The molecule has 16 heavy (non-hydrogen) atoms. The molecule has 1 aromatic rings. The summed E-state index contributed by atoms with van der Waals surface area (Å²) in [4.78, 5) is 0. The van der Waals surface area contributed by atoms with Gasteiger partial charge in [-0.05, 0) is 37.6 Å². The highest BCUT2D eigenvalue weighted by atomic mass is 35.5. The number of nitrogens with one attached hydrogen (secondary N) is 1. The Kier molecular flexibility index (Phi) is 3.34. The molecule has 3 rings (SSSR count). The van der Waals surface area contributed by atoms with Crippen molar-refractivity contribution in [1.82, 2.24) is 5.32 Å². The average Bonchev–Trinajstić information content (AvgIpc) is 2.59. The van der Waals surface area contributed by atoms with Crippen molar-refractivity contribution in [2.24, 2.45) is 0 Å². The number of benzene rings is 1. The second kappa shape index (κ2) is 4.44. The second-order valence-electron chi connectivity index (χ2n) is 4.44. The smallest absolute Gasteiger partial charge is 0.142 e. The van der Waals surface area contributed by atoms with Gasteiger partial charge in [-0.3, -0.25) is 0 Å². The number of ether oxygens (including phenoxy) is 1. The molecule has 0 saturated carbocycles.